The van der Waals surface area contributed by atoms with Crippen LogP contribution >= 0.6 is 23.4 Å². The summed E-state index contributed by atoms with van der Waals surface area (Å²) in [5.74, 6) is 0.308. The molecular weight excluding hydrogens is 325 g/mol. The number of aromatic nitrogens is 2. The molecule has 1 aliphatic rings. The molecule has 2 heterocycles. The number of benzene rings is 1. The average molecular weight is 340 g/mol. The van der Waals surface area contributed by atoms with Gasteiger partial charge < -0.3 is 5.32 Å². The molecule has 1 atom stereocenters. The molecule has 1 amide bonds. The molecule has 0 radical (unpaired) electrons. The van der Waals surface area contributed by atoms with Crippen molar-refractivity contribution in [2.75, 3.05) is 5.75 Å². The maximum Gasteiger partial charge on any atom is 0.256 e. The monoisotopic (exact) mass is 339 g/mol. The van der Waals surface area contributed by atoms with Gasteiger partial charge in [0.2, 0.25) is 0 Å². The Bertz CT molecular complexity index is 747. The van der Waals surface area contributed by atoms with Crippen molar-refractivity contribution in [2.24, 2.45) is 7.05 Å². The molecule has 0 saturated heterocycles. The number of halogens is 2. The highest BCUT2D eigenvalue weighted by molar-refractivity contribution is 7.99. The van der Waals surface area contributed by atoms with Crippen LogP contribution in [0.4, 0.5) is 4.39 Å². The Morgan fingerprint density at radius 2 is 2.32 bits per heavy atom. The number of rotatable bonds is 2. The van der Waals surface area contributed by atoms with Crippen LogP contribution in [0.15, 0.2) is 23.1 Å². The summed E-state index contributed by atoms with van der Waals surface area (Å²) in [7, 11) is 1.69. The highest BCUT2D eigenvalue weighted by atomic mass is 35.5. The standard InChI is InChI=1S/C15H15ClFN3OS/c1-8-13(14(16)20(2)19-8)15(21)18-11-5-6-22-12-4-3-9(17)7-10(11)12/h3-4,7,11H,5-6H2,1-2H3,(H,18,21). The highest BCUT2D eigenvalue weighted by Gasteiger charge is 2.26. The number of hydrogen-bond acceptors (Lipinski definition) is 3. The molecule has 0 fully saturated rings. The Labute approximate surface area is 137 Å². The van der Waals surface area contributed by atoms with Gasteiger partial charge in [0.25, 0.3) is 5.91 Å². The number of fused-ring (bicyclic) bond motifs is 1. The van der Waals surface area contributed by atoms with E-state index in [1.165, 1.54) is 16.8 Å². The first kappa shape index (κ1) is 15.4. The third kappa shape index (κ3) is 2.73. The fourth-order valence-electron chi connectivity index (χ4n) is 2.63. The molecule has 1 aliphatic heterocycles. The van der Waals surface area contributed by atoms with Crippen LogP contribution in [-0.4, -0.2) is 21.4 Å². The molecule has 1 aromatic carbocycles. The van der Waals surface area contributed by atoms with E-state index in [0.717, 1.165) is 22.6 Å². The number of thioether (sulfide) groups is 1. The molecule has 0 spiro atoms. The van der Waals surface area contributed by atoms with E-state index in [2.05, 4.69) is 10.4 Å². The fourth-order valence-corrected chi connectivity index (χ4v) is 4.00. The zero-order valence-corrected chi connectivity index (χ0v) is 13.8. The summed E-state index contributed by atoms with van der Waals surface area (Å²) in [6.45, 7) is 1.74. The summed E-state index contributed by atoms with van der Waals surface area (Å²) in [6.07, 6.45) is 0.754. The van der Waals surface area contributed by atoms with Crippen molar-refractivity contribution in [3.63, 3.8) is 0 Å². The van der Waals surface area contributed by atoms with Crippen LogP contribution < -0.4 is 5.32 Å². The zero-order chi connectivity index (χ0) is 15.9. The van der Waals surface area contributed by atoms with Crippen molar-refractivity contribution in [2.45, 2.75) is 24.3 Å². The van der Waals surface area contributed by atoms with Gasteiger partial charge in [0.15, 0.2) is 0 Å². The van der Waals surface area contributed by atoms with Crippen molar-refractivity contribution in [3.05, 3.63) is 46.0 Å². The molecule has 2 aromatic rings. The topological polar surface area (TPSA) is 46.9 Å². The maximum absolute atomic E-state index is 13.5. The normalized spacial score (nSPS) is 17.2. The van der Waals surface area contributed by atoms with E-state index >= 15 is 0 Å². The summed E-state index contributed by atoms with van der Waals surface area (Å²) < 4.78 is 15.0. The average Bonchev–Trinajstić information content (AvgIpc) is 2.72. The van der Waals surface area contributed by atoms with Crippen molar-refractivity contribution in [1.29, 1.82) is 0 Å². The number of carbonyl (C=O) groups excluding carboxylic acids is 1. The Balaban J connectivity index is 1.88. The van der Waals surface area contributed by atoms with E-state index in [9.17, 15) is 9.18 Å². The largest absolute Gasteiger partial charge is 0.345 e. The predicted octanol–water partition coefficient (Wildman–Crippen LogP) is 3.49. The smallest absolute Gasteiger partial charge is 0.256 e. The summed E-state index contributed by atoms with van der Waals surface area (Å²) in [5, 5.41) is 7.41. The van der Waals surface area contributed by atoms with Crippen LogP contribution in [0.5, 0.6) is 0 Å². The molecule has 3 rings (SSSR count). The quantitative estimate of drug-likeness (QED) is 0.911. The second-order valence-corrected chi connectivity index (χ2v) is 6.71. The molecule has 7 heteroatoms. The van der Waals surface area contributed by atoms with E-state index in [1.807, 2.05) is 0 Å². The van der Waals surface area contributed by atoms with Gasteiger partial charge in [0, 0.05) is 17.7 Å². The van der Waals surface area contributed by atoms with Gasteiger partial charge in [-0.25, -0.2) is 4.39 Å². The molecule has 22 heavy (non-hydrogen) atoms. The van der Waals surface area contributed by atoms with Gasteiger partial charge in [-0.15, -0.1) is 11.8 Å². The van der Waals surface area contributed by atoms with Crippen molar-refractivity contribution in [3.8, 4) is 0 Å². The minimum absolute atomic E-state index is 0.213. The lowest BCUT2D eigenvalue weighted by atomic mass is 10.0. The Morgan fingerprint density at radius 3 is 3.00 bits per heavy atom. The van der Waals surface area contributed by atoms with E-state index in [-0.39, 0.29) is 17.8 Å². The molecule has 0 saturated carbocycles. The van der Waals surface area contributed by atoms with E-state index < -0.39 is 0 Å². The van der Waals surface area contributed by atoms with Crippen LogP contribution in [0.25, 0.3) is 0 Å². The number of carbonyl (C=O) groups is 1. The lowest BCUT2D eigenvalue weighted by Gasteiger charge is -2.26. The molecule has 1 N–H and O–H groups in total. The molecular formula is C15H15ClFN3OS. The van der Waals surface area contributed by atoms with Gasteiger partial charge in [-0.1, -0.05) is 11.6 Å². The van der Waals surface area contributed by atoms with Crippen LogP contribution in [0, 0.1) is 12.7 Å². The first-order valence-corrected chi connectivity index (χ1v) is 8.26. The lowest BCUT2D eigenvalue weighted by molar-refractivity contribution is 0.0934. The Morgan fingerprint density at radius 1 is 1.55 bits per heavy atom. The van der Waals surface area contributed by atoms with Crippen molar-refractivity contribution in [1.82, 2.24) is 15.1 Å². The number of hydrogen-bond donors (Lipinski definition) is 1. The summed E-state index contributed by atoms with van der Waals surface area (Å²) in [5.41, 5.74) is 1.78. The van der Waals surface area contributed by atoms with Crippen LogP contribution in [-0.2, 0) is 7.05 Å². The van der Waals surface area contributed by atoms with Crippen molar-refractivity contribution < 1.29 is 9.18 Å². The minimum Gasteiger partial charge on any atom is -0.345 e. The summed E-state index contributed by atoms with van der Waals surface area (Å²) in [6, 6.07) is 4.48. The summed E-state index contributed by atoms with van der Waals surface area (Å²) >= 11 is 7.80. The predicted molar refractivity (Wildman–Crippen MR) is 84.9 cm³/mol. The van der Waals surface area contributed by atoms with E-state index in [4.69, 9.17) is 11.6 Å². The molecule has 0 bridgehead atoms. The van der Waals surface area contributed by atoms with E-state index in [1.54, 1.807) is 31.8 Å². The fraction of sp³-hybridized carbons (Fsp3) is 0.333. The second kappa shape index (κ2) is 5.93. The van der Waals surface area contributed by atoms with Gasteiger partial charge in [-0.2, -0.15) is 5.10 Å². The summed E-state index contributed by atoms with van der Waals surface area (Å²) in [4.78, 5) is 13.5. The minimum atomic E-state index is -0.295. The Kier molecular flexibility index (Phi) is 4.14. The number of nitrogens with one attached hydrogen (secondary N) is 1. The third-order valence-corrected chi connectivity index (χ3v) is 5.25. The highest BCUT2D eigenvalue weighted by Crippen LogP contribution is 2.36. The maximum atomic E-state index is 13.5. The Hall–Kier alpha value is -1.53. The number of aryl methyl sites for hydroxylation is 2. The third-order valence-electron chi connectivity index (χ3n) is 3.70. The second-order valence-electron chi connectivity index (χ2n) is 5.22. The molecule has 4 nitrogen and oxygen atoms in total. The molecule has 0 aliphatic carbocycles. The zero-order valence-electron chi connectivity index (χ0n) is 12.2. The van der Waals surface area contributed by atoms with Crippen LogP contribution in [0.3, 0.4) is 0 Å². The number of nitrogens with zero attached hydrogens (tertiary/aromatic N) is 2. The number of amides is 1. The molecule has 116 valence electrons. The molecule has 1 aromatic heterocycles. The van der Waals surface area contributed by atoms with Gasteiger partial charge in [-0.3, -0.25) is 9.48 Å². The first-order valence-electron chi connectivity index (χ1n) is 6.89. The first-order chi connectivity index (χ1) is 10.5. The van der Waals surface area contributed by atoms with Crippen LogP contribution in [0.1, 0.15) is 34.1 Å². The van der Waals surface area contributed by atoms with E-state index in [0.29, 0.717) is 16.4 Å². The molecule has 1 unspecified atom stereocenters. The SMILES string of the molecule is Cc1nn(C)c(Cl)c1C(=O)NC1CCSc2ccc(F)cc21. The van der Waals surface area contributed by atoms with Gasteiger partial charge >= 0.3 is 0 Å². The lowest BCUT2D eigenvalue weighted by Crippen LogP contribution is -2.31. The van der Waals surface area contributed by atoms with Gasteiger partial charge in [0.05, 0.1) is 17.3 Å². The van der Waals surface area contributed by atoms with Crippen molar-refractivity contribution >= 4 is 29.3 Å². The van der Waals surface area contributed by atoms with Gasteiger partial charge in [-0.05, 0) is 37.1 Å². The van der Waals surface area contributed by atoms with Gasteiger partial charge in [0.1, 0.15) is 11.0 Å². The van der Waals surface area contributed by atoms with Crippen LogP contribution in [0.2, 0.25) is 5.15 Å².